The molecule has 15 heavy (non-hydrogen) atoms. The number of hydrogen-bond acceptors (Lipinski definition) is 5. The van der Waals surface area contributed by atoms with Crippen molar-refractivity contribution in [2.45, 2.75) is 0 Å². The predicted octanol–water partition coefficient (Wildman–Crippen LogP) is 1.38. The Bertz CT molecular complexity index is 368. The second kappa shape index (κ2) is 5.77. The Morgan fingerprint density at radius 3 is 2.13 bits per heavy atom. The van der Waals surface area contributed by atoms with Crippen molar-refractivity contribution in [3.8, 4) is 0 Å². The smallest absolute Gasteiger partial charge is 0.141 e. The molecule has 4 N–H and O–H groups in total. The van der Waals surface area contributed by atoms with Crippen molar-refractivity contribution >= 4 is 23.1 Å². The minimum Gasteiger partial charge on any atom is -0.397 e. The van der Waals surface area contributed by atoms with Gasteiger partial charge in [0, 0.05) is 12.4 Å². The molecule has 78 valence electrons. The summed E-state index contributed by atoms with van der Waals surface area (Å²) in [6, 6.07) is 3.35. The summed E-state index contributed by atoms with van der Waals surface area (Å²) < 4.78 is 0. The van der Waals surface area contributed by atoms with Gasteiger partial charge in [0.2, 0.25) is 0 Å². The van der Waals surface area contributed by atoms with Crippen LogP contribution in [0.2, 0.25) is 5.15 Å². The molecule has 0 radical (unpaired) electrons. The highest BCUT2D eigenvalue weighted by atomic mass is 35.5. The highest BCUT2D eigenvalue weighted by Gasteiger charge is 1.83. The van der Waals surface area contributed by atoms with Gasteiger partial charge in [0.25, 0.3) is 0 Å². The van der Waals surface area contributed by atoms with E-state index in [1.54, 1.807) is 24.5 Å². The van der Waals surface area contributed by atoms with Crippen molar-refractivity contribution in [3.05, 3.63) is 42.1 Å². The van der Waals surface area contributed by atoms with Crippen molar-refractivity contribution in [3.63, 3.8) is 0 Å². The maximum Gasteiger partial charge on any atom is 0.141 e. The molecule has 0 saturated carbocycles. The molecular weight excluding hydrogens is 214 g/mol. The number of nitrogens with two attached hydrogens (primary N) is 2. The van der Waals surface area contributed by atoms with E-state index >= 15 is 0 Å². The Morgan fingerprint density at radius 1 is 1.00 bits per heavy atom. The number of rotatable bonds is 0. The van der Waals surface area contributed by atoms with Crippen LogP contribution in [0.1, 0.15) is 0 Å². The van der Waals surface area contributed by atoms with Gasteiger partial charge in [0.1, 0.15) is 11.0 Å². The zero-order chi connectivity index (χ0) is 11.1. The summed E-state index contributed by atoms with van der Waals surface area (Å²) in [5.41, 5.74) is 11.1. The van der Waals surface area contributed by atoms with Crippen LogP contribution in [0.3, 0.4) is 0 Å². The van der Waals surface area contributed by atoms with E-state index in [0.717, 1.165) is 0 Å². The van der Waals surface area contributed by atoms with Crippen molar-refractivity contribution in [1.29, 1.82) is 0 Å². The van der Waals surface area contributed by atoms with Gasteiger partial charge in [-0.1, -0.05) is 11.6 Å². The second-order valence-corrected chi connectivity index (χ2v) is 2.93. The lowest BCUT2D eigenvalue weighted by molar-refractivity contribution is 1.21. The first kappa shape index (κ1) is 11.2. The first-order valence-corrected chi connectivity index (χ1v) is 4.45. The summed E-state index contributed by atoms with van der Waals surface area (Å²) in [4.78, 5) is 11.1. The van der Waals surface area contributed by atoms with E-state index in [1.807, 2.05) is 0 Å². The van der Waals surface area contributed by atoms with Gasteiger partial charge in [-0.05, 0) is 12.1 Å². The van der Waals surface area contributed by atoms with Crippen LogP contribution < -0.4 is 11.5 Å². The van der Waals surface area contributed by atoms with Crippen LogP contribution in [0, 0.1) is 0 Å². The van der Waals surface area contributed by atoms with Gasteiger partial charge >= 0.3 is 0 Å². The van der Waals surface area contributed by atoms with Gasteiger partial charge in [-0.25, -0.2) is 9.97 Å². The Kier molecular flexibility index (Phi) is 4.30. The number of aromatic nitrogens is 3. The Labute approximate surface area is 92.1 Å². The summed E-state index contributed by atoms with van der Waals surface area (Å²) in [5, 5.41) is 0.471. The first-order chi connectivity index (χ1) is 7.18. The third-order valence-electron chi connectivity index (χ3n) is 1.33. The quantitative estimate of drug-likeness (QED) is 0.659. The molecule has 2 heterocycles. The lowest BCUT2D eigenvalue weighted by Gasteiger charge is -1.87. The number of nitrogen functional groups attached to an aromatic ring is 2. The average molecular weight is 224 g/mol. The molecule has 5 nitrogen and oxygen atoms in total. The zero-order valence-corrected chi connectivity index (χ0v) is 8.59. The van der Waals surface area contributed by atoms with Crippen LogP contribution in [0.15, 0.2) is 36.9 Å². The minimum absolute atomic E-state index is 0.461. The number of anilines is 2. The van der Waals surface area contributed by atoms with Gasteiger partial charge in [0.05, 0.1) is 18.1 Å². The Hall–Kier alpha value is -1.88. The number of hydrogen-bond donors (Lipinski definition) is 2. The van der Waals surface area contributed by atoms with Crippen molar-refractivity contribution < 1.29 is 0 Å². The highest BCUT2D eigenvalue weighted by molar-refractivity contribution is 6.29. The van der Waals surface area contributed by atoms with E-state index in [2.05, 4.69) is 15.0 Å². The Morgan fingerprint density at radius 2 is 1.80 bits per heavy atom. The molecule has 0 aliphatic rings. The highest BCUT2D eigenvalue weighted by Crippen LogP contribution is 2.04. The second-order valence-electron chi connectivity index (χ2n) is 2.54. The molecule has 2 aromatic heterocycles. The normalized spacial score (nSPS) is 8.87. The van der Waals surface area contributed by atoms with E-state index < -0.39 is 0 Å². The zero-order valence-electron chi connectivity index (χ0n) is 7.84. The van der Waals surface area contributed by atoms with E-state index in [9.17, 15) is 0 Å². The minimum atomic E-state index is 0.461. The summed E-state index contributed by atoms with van der Waals surface area (Å²) in [6.45, 7) is 0. The number of halogens is 1. The standard InChI is InChI=1S/C5H5ClN2.C4H5N3/c6-5-2-1-4(7)3-8-5;5-4-3-6-1-2-7-4/h1-3H,7H2;1-3H,(H2,5,7). The van der Waals surface area contributed by atoms with E-state index in [4.69, 9.17) is 23.1 Å². The van der Waals surface area contributed by atoms with Crippen molar-refractivity contribution in [1.82, 2.24) is 15.0 Å². The van der Waals surface area contributed by atoms with Crippen LogP contribution in [-0.2, 0) is 0 Å². The molecule has 0 amide bonds. The number of nitrogens with zero attached hydrogens (tertiary/aromatic N) is 3. The third kappa shape index (κ3) is 4.78. The molecule has 0 aromatic carbocycles. The summed E-state index contributed by atoms with van der Waals surface area (Å²) in [7, 11) is 0. The van der Waals surface area contributed by atoms with Gasteiger partial charge < -0.3 is 11.5 Å². The first-order valence-electron chi connectivity index (χ1n) is 4.07. The van der Waals surface area contributed by atoms with E-state index in [1.165, 1.54) is 12.4 Å². The van der Waals surface area contributed by atoms with Gasteiger partial charge in [-0.2, -0.15) is 0 Å². The third-order valence-corrected chi connectivity index (χ3v) is 1.56. The molecule has 0 spiro atoms. The fraction of sp³-hybridized carbons (Fsp3) is 0. The van der Waals surface area contributed by atoms with Crippen molar-refractivity contribution in [2.75, 3.05) is 11.5 Å². The topological polar surface area (TPSA) is 90.7 Å². The molecule has 0 atom stereocenters. The summed E-state index contributed by atoms with van der Waals surface area (Å²) in [5.74, 6) is 0.461. The molecule has 0 fully saturated rings. The molecule has 0 saturated heterocycles. The number of pyridine rings is 1. The van der Waals surface area contributed by atoms with Crippen LogP contribution in [0.4, 0.5) is 11.5 Å². The maximum atomic E-state index is 5.44. The van der Waals surface area contributed by atoms with E-state index in [0.29, 0.717) is 16.7 Å². The van der Waals surface area contributed by atoms with Crippen LogP contribution in [-0.4, -0.2) is 15.0 Å². The maximum absolute atomic E-state index is 5.44. The van der Waals surface area contributed by atoms with Gasteiger partial charge in [-0.3, -0.25) is 4.98 Å². The van der Waals surface area contributed by atoms with Gasteiger partial charge in [0.15, 0.2) is 0 Å². The predicted molar refractivity (Wildman–Crippen MR) is 60.1 cm³/mol. The molecule has 0 aliphatic carbocycles. The molecule has 0 bridgehead atoms. The summed E-state index contributed by atoms with van der Waals surface area (Å²) in [6.07, 6.45) is 6.15. The van der Waals surface area contributed by atoms with Crippen LogP contribution >= 0.6 is 11.6 Å². The molecule has 2 aromatic rings. The summed E-state index contributed by atoms with van der Waals surface area (Å²) >= 11 is 5.44. The monoisotopic (exact) mass is 223 g/mol. The Balaban J connectivity index is 0.000000151. The largest absolute Gasteiger partial charge is 0.397 e. The lowest BCUT2D eigenvalue weighted by atomic mass is 10.4. The molecule has 2 rings (SSSR count). The average Bonchev–Trinajstić information content (AvgIpc) is 2.25. The van der Waals surface area contributed by atoms with E-state index in [-0.39, 0.29) is 0 Å². The molecular formula is C9H10ClN5. The molecule has 0 aliphatic heterocycles. The lowest BCUT2D eigenvalue weighted by Crippen LogP contribution is -1.87. The van der Waals surface area contributed by atoms with Crippen LogP contribution in [0.5, 0.6) is 0 Å². The van der Waals surface area contributed by atoms with Crippen molar-refractivity contribution in [2.24, 2.45) is 0 Å². The van der Waals surface area contributed by atoms with Crippen LogP contribution in [0.25, 0.3) is 0 Å². The molecule has 6 heteroatoms. The SMILES string of the molecule is Nc1ccc(Cl)nc1.Nc1cnccn1. The van der Waals surface area contributed by atoms with Gasteiger partial charge in [-0.15, -0.1) is 0 Å². The molecule has 0 unspecified atom stereocenters. The fourth-order valence-electron chi connectivity index (χ4n) is 0.698. The fourth-order valence-corrected chi connectivity index (χ4v) is 0.810.